The predicted octanol–water partition coefficient (Wildman–Crippen LogP) is 2.47. The standard InChI is InChI=1S/C24H31FO6/c1-13-9-18-17-6-5-15-10-16(27)7-8-21(15,3)23(17,25)19(28)11-22(18,4)24(13,30)20(29)12-31-14(2)26/h7-8,10,13,17-19,28,30H,5-6,9,11-12H2,1-4H3/t13-,17-,18-,19-,21-,22-,23-,24+/m0/s1. The number of aliphatic hydroxyl groups excluding tert-OH is 1. The van der Waals surface area contributed by atoms with Gasteiger partial charge in [-0.2, -0.15) is 0 Å². The molecule has 0 aromatic rings. The molecule has 170 valence electrons. The van der Waals surface area contributed by atoms with Crippen LogP contribution in [0.2, 0.25) is 0 Å². The van der Waals surface area contributed by atoms with E-state index in [1.54, 1.807) is 26.8 Å². The van der Waals surface area contributed by atoms with Crippen molar-refractivity contribution in [1.29, 1.82) is 0 Å². The average Bonchev–Trinajstić information content (AvgIpc) is 2.89. The maximum Gasteiger partial charge on any atom is 0.303 e. The lowest BCUT2D eigenvalue weighted by atomic mass is 9.44. The van der Waals surface area contributed by atoms with Crippen molar-refractivity contribution in [3.63, 3.8) is 0 Å². The number of carbonyl (C=O) groups is 3. The van der Waals surface area contributed by atoms with Crippen LogP contribution in [0.5, 0.6) is 0 Å². The van der Waals surface area contributed by atoms with E-state index in [1.165, 1.54) is 19.1 Å². The maximum atomic E-state index is 17.0. The van der Waals surface area contributed by atoms with Gasteiger partial charge in [-0.05, 0) is 56.6 Å². The van der Waals surface area contributed by atoms with E-state index in [0.717, 1.165) is 0 Å². The second-order valence-corrected chi connectivity index (χ2v) is 10.4. The van der Waals surface area contributed by atoms with Gasteiger partial charge in [-0.3, -0.25) is 14.4 Å². The third kappa shape index (κ3) is 2.65. The van der Waals surface area contributed by atoms with Gasteiger partial charge in [0.1, 0.15) is 5.60 Å². The molecule has 0 aromatic heterocycles. The Balaban J connectivity index is 1.76. The summed E-state index contributed by atoms with van der Waals surface area (Å²) < 4.78 is 21.9. The van der Waals surface area contributed by atoms with Gasteiger partial charge in [0.05, 0.1) is 6.10 Å². The largest absolute Gasteiger partial charge is 0.458 e. The van der Waals surface area contributed by atoms with Crippen molar-refractivity contribution >= 4 is 17.5 Å². The molecule has 2 N–H and O–H groups in total. The van der Waals surface area contributed by atoms with E-state index in [-0.39, 0.29) is 18.1 Å². The maximum absolute atomic E-state index is 17.0. The number of ketones is 2. The first-order valence-corrected chi connectivity index (χ1v) is 11.0. The lowest BCUT2D eigenvalue weighted by molar-refractivity contribution is -0.219. The first-order valence-electron chi connectivity index (χ1n) is 11.0. The number of allylic oxidation sites excluding steroid dienone is 4. The number of hydrogen-bond donors (Lipinski definition) is 2. The van der Waals surface area contributed by atoms with Crippen LogP contribution in [-0.4, -0.2) is 51.7 Å². The Morgan fingerprint density at radius 1 is 1.29 bits per heavy atom. The molecule has 31 heavy (non-hydrogen) atoms. The number of Topliss-reactive ketones (excluding diaryl/α,β-unsaturated/α-hetero) is 1. The van der Waals surface area contributed by atoms with E-state index >= 15 is 4.39 Å². The molecular weight excluding hydrogens is 403 g/mol. The average molecular weight is 435 g/mol. The molecule has 0 spiro atoms. The molecule has 7 heteroatoms. The minimum Gasteiger partial charge on any atom is -0.458 e. The molecule has 0 aliphatic heterocycles. The molecule has 3 saturated carbocycles. The summed E-state index contributed by atoms with van der Waals surface area (Å²) in [6.07, 6.45) is 4.29. The summed E-state index contributed by atoms with van der Waals surface area (Å²) >= 11 is 0. The third-order valence-electron chi connectivity index (χ3n) is 9.05. The zero-order valence-electron chi connectivity index (χ0n) is 18.5. The fraction of sp³-hybridized carbons (Fsp3) is 0.708. The predicted molar refractivity (Wildman–Crippen MR) is 109 cm³/mol. The normalized spacial score (nSPS) is 48.4. The molecule has 0 bridgehead atoms. The molecule has 4 aliphatic rings. The van der Waals surface area contributed by atoms with Crippen molar-refractivity contribution < 1.29 is 33.7 Å². The SMILES string of the molecule is CC(=O)OCC(=O)[C@]1(O)[C@@H](C)C[C@H]2[C@@H]3CCC4=CC(=O)C=C[C@]4(C)[C@@]3(F)[C@@H](O)C[C@@]21C. The van der Waals surface area contributed by atoms with E-state index in [1.807, 2.05) is 0 Å². The smallest absolute Gasteiger partial charge is 0.303 e. The molecule has 0 aromatic carbocycles. The Bertz CT molecular complexity index is 910. The minimum atomic E-state index is -2.01. The van der Waals surface area contributed by atoms with Gasteiger partial charge >= 0.3 is 5.97 Å². The van der Waals surface area contributed by atoms with E-state index in [0.29, 0.717) is 24.8 Å². The van der Waals surface area contributed by atoms with Crippen LogP contribution in [0, 0.1) is 28.6 Å². The Morgan fingerprint density at radius 2 is 1.97 bits per heavy atom. The van der Waals surface area contributed by atoms with Gasteiger partial charge in [0.25, 0.3) is 0 Å². The Hall–Kier alpha value is -1.86. The second kappa shape index (κ2) is 6.82. The highest BCUT2D eigenvalue weighted by Gasteiger charge is 2.75. The van der Waals surface area contributed by atoms with Crippen LogP contribution in [0.1, 0.15) is 53.4 Å². The second-order valence-electron chi connectivity index (χ2n) is 10.4. The number of ether oxygens (including phenoxy) is 1. The van der Waals surface area contributed by atoms with Gasteiger partial charge < -0.3 is 14.9 Å². The quantitative estimate of drug-likeness (QED) is 0.662. The van der Waals surface area contributed by atoms with Crippen LogP contribution < -0.4 is 0 Å². The number of alkyl halides is 1. The molecule has 0 saturated heterocycles. The summed E-state index contributed by atoms with van der Waals surface area (Å²) in [6.45, 7) is 5.89. The number of rotatable bonds is 3. The minimum absolute atomic E-state index is 0.0953. The number of fused-ring (bicyclic) bond motifs is 5. The molecule has 0 unspecified atom stereocenters. The first kappa shape index (κ1) is 22.3. The van der Waals surface area contributed by atoms with E-state index in [2.05, 4.69) is 0 Å². The highest BCUT2D eigenvalue weighted by Crippen LogP contribution is 2.70. The lowest BCUT2D eigenvalue weighted by Crippen LogP contribution is -2.69. The molecule has 4 rings (SSSR count). The lowest BCUT2D eigenvalue weighted by Gasteiger charge is -2.62. The van der Waals surface area contributed by atoms with Gasteiger partial charge in [0, 0.05) is 23.7 Å². The van der Waals surface area contributed by atoms with Gasteiger partial charge in [-0.25, -0.2) is 4.39 Å². The molecule has 8 atom stereocenters. The van der Waals surface area contributed by atoms with Crippen LogP contribution in [0.25, 0.3) is 0 Å². The first-order chi connectivity index (χ1) is 14.3. The number of halogens is 1. The Kier molecular flexibility index (Phi) is 4.91. The van der Waals surface area contributed by atoms with E-state index in [4.69, 9.17) is 4.74 Å². The van der Waals surface area contributed by atoms with Crippen molar-refractivity contribution in [1.82, 2.24) is 0 Å². The monoisotopic (exact) mass is 434 g/mol. The molecule has 0 radical (unpaired) electrons. The van der Waals surface area contributed by atoms with Gasteiger partial charge in [-0.1, -0.05) is 25.5 Å². The van der Waals surface area contributed by atoms with Crippen LogP contribution >= 0.6 is 0 Å². The Morgan fingerprint density at radius 3 is 2.61 bits per heavy atom. The number of aliphatic hydroxyl groups is 2. The summed E-state index contributed by atoms with van der Waals surface area (Å²) in [5.74, 6) is -2.80. The number of carbonyl (C=O) groups excluding carboxylic acids is 3. The topological polar surface area (TPSA) is 101 Å². The van der Waals surface area contributed by atoms with Crippen molar-refractivity contribution in [2.75, 3.05) is 6.61 Å². The summed E-state index contributed by atoms with van der Waals surface area (Å²) in [6, 6.07) is 0. The summed E-state index contributed by atoms with van der Waals surface area (Å²) in [4.78, 5) is 36.2. The van der Waals surface area contributed by atoms with Crippen molar-refractivity contribution in [2.24, 2.45) is 28.6 Å². The Labute approximate surface area is 181 Å². The fourth-order valence-electron chi connectivity index (χ4n) is 7.42. The highest BCUT2D eigenvalue weighted by molar-refractivity contribution is 6.01. The third-order valence-corrected chi connectivity index (χ3v) is 9.05. The van der Waals surface area contributed by atoms with Crippen molar-refractivity contribution in [3.8, 4) is 0 Å². The zero-order valence-corrected chi connectivity index (χ0v) is 18.5. The van der Waals surface area contributed by atoms with Gasteiger partial charge in [0.15, 0.2) is 18.1 Å². The van der Waals surface area contributed by atoms with Crippen LogP contribution in [0.4, 0.5) is 4.39 Å². The van der Waals surface area contributed by atoms with E-state index < -0.39 is 58.4 Å². The molecule has 0 heterocycles. The van der Waals surface area contributed by atoms with Crippen LogP contribution in [0.15, 0.2) is 23.8 Å². The molecular formula is C24H31FO6. The van der Waals surface area contributed by atoms with Crippen LogP contribution in [-0.2, 0) is 19.1 Å². The fourth-order valence-corrected chi connectivity index (χ4v) is 7.42. The zero-order chi connectivity index (χ0) is 23.0. The molecule has 4 aliphatic carbocycles. The van der Waals surface area contributed by atoms with E-state index in [9.17, 15) is 24.6 Å². The summed E-state index contributed by atoms with van der Waals surface area (Å²) in [5.41, 5.74) is -5.33. The molecule has 0 amide bonds. The van der Waals surface area contributed by atoms with Gasteiger partial charge in [-0.15, -0.1) is 0 Å². The molecule has 3 fully saturated rings. The number of esters is 1. The van der Waals surface area contributed by atoms with Crippen molar-refractivity contribution in [2.45, 2.75) is 70.8 Å². The van der Waals surface area contributed by atoms with Crippen molar-refractivity contribution in [3.05, 3.63) is 23.8 Å². The van der Waals surface area contributed by atoms with Gasteiger partial charge in [0.2, 0.25) is 5.78 Å². The number of hydrogen-bond acceptors (Lipinski definition) is 6. The van der Waals surface area contributed by atoms with Crippen LogP contribution in [0.3, 0.4) is 0 Å². The summed E-state index contributed by atoms with van der Waals surface area (Å²) in [5, 5.41) is 22.9. The molecule has 6 nitrogen and oxygen atoms in total. The highest BCUT2D eigenvalue weighted by atomic mass is 19.1. The summed E-state index contributed by atoms with van der Waals surface area (Å²) in [7, 11) is 0.